The van der Waals surface area contributed by atoms with Crippen LogP contribution in [0.3, 0.4) is 0 Å². The van der Waals surface area contributed by atoms with Crippen molar-refractivity contribution in [2.75, 3.05) is 5.32 Å². The van der Waals surface area contributed by atoms with Crippen molar-refractivity contribution in [3.8, 4) is 11.1 Å². The highest BCUT2D eigenvalue weighted by Crippen LogP contribution is 2.45. The normalized spacial score (nSPS) is 15.6. The fraction of sp³-hybridized carbons (Fsp3) is 0.211. The number of nitrogens with one attached hydrogen (secondary N) is 1. The van der Waals surface area contributed by atoms with Gasteiger partial charge >= 0.3 is 0 Å². The highest BCUT2D eigenvalue weighted by Gasteiger charge is 2.33. The van der Waals surface area contributed by atoms with Crippen molar-refractivity contribution in [1.29, 1.82) is 0 Å². The second-order valence-corrected chi connectivity index (χ2v) is 8.69. The molecule has 1 aromatic heterocycles. The van der Waals surface area contributed by atoms with Gasteiger partial charge in [0.1, 0.15) is 10.5 Å². The van der Waals surface area contributed by atoms with E-state index >= 15 is 0 Å². The molecule has 24 heavy (non-hydrogen) atoms. The Kier molecular flexibility index (Phi) is 3.58. The summed E-state index contributed by atoms with van der Waals surface area (Å²) >= 11 is 0. The first-order valence-corrected chi connectivity index (χ1v) is 9.92. The molecular formula is C19H17FN2S2. The standard InChI is InChI=1S/C19H17FN2S2/c1-11-7-8-14-15(9-11)22-19(2,3)17-16(14)18(24-23-17)21-13-6-4-5-12(20)10-13/h4-10,22H,1-3H3. The summed E-state index contributed by atoms with van der Waals surface area (Å²) in [5.74, 6) is -0.261. The van der Waals surface area contributed by atoms with Crippen LogP contribution in [0.4, 0.5) is 15.8 Å². The number of hydrogen-bond acceptors (Lipinski definition) is 4. The van der Waals surface area contributed by atoms with Crippen molar-refractivity contribution in [2.45, 2.75) is 26.3 Å². The Hall–Kier alpha value is -1.98. The zero-order chi connectivity index (χ0) is 16.9. The maximum Gasteiger partial charge on any atom is 0.135 e. The molecule has 1 N–H and O–H groups in total. The summed E-state index contributed by atoms with van der Waals surface area (Å²) in [6, 6.07) is 12.9. The predicted molar refractivity (Wildman–Crippen MR) is 101 cm³/mol. The largest absolute Gasteiger partial charge is 0.375 e. The quantitative estimate of drug-likeness (QED) is 0.546. The van der Waals surface area contributed by atoms with Crippen molar-refractivity contribution in [3.63, 3.8) is 0 Å². The highest BCUT2D eigenvalue weighted by molar-refractivity contribution is 7.68. The number of hydrogen-bond donors (Lipinski definition) is 1. The van der Waals surface area contributed by atoms with Crippen LogP contribution in [0.15, 0.2) is 47.5 Å². The smallest absolute Gasteiger partial charge is 0.135 e. The van der Waals surface area contributed by atoms with Gasteiger partial charge in [-0.3, -0.25) is 0 Å². The molecule has 5 heteroatoms. The molecule has 0 saturated carbocycles. The lowest BCUT2D eigenvalue weighted by Gasteiger charge is -2.33. The summed E-state index contributed by atoms with van der Waals surface area (Å²) in [4.78, 5) is 6.00. The summed E-state index contributed by atoms with van der Waals surface area (Å²) in [7, 11) is 3.39. The third-order valence-electron chi connectivity index (χ3n) is 4.14. The molecule has 2 heterocycles. The number of halogens is 1. The number of rotatable bonds is 1. The number of aryl methyl sites for hydroxylation is 1. The summed E-state index contributed by atoms with van der Waals surface area (Å²) in [6.45, 7) is 6.47. The molecule has 2 nitrogen and oxygen atoms in total. The van der Waals surface area contributed by atoms with Crippen LogP contribution in [-0.4, -0.2) is 0 Å². The predicted octanol–water partition coefficient (Wildman–Crippen LogP) is 5.82. The minimum absolute atomic E-state index is 0.146. The summed E-state index contributed by atoms with van der Waals surface area (Å²) in [5, 5.41) is 3.63. The summed E-state index contributed by atoms with van der Waals surface area (Å²) < 4.78 is 14.4. The van der Waals surface area contributed by atoms with Crippen LogP contribution < -0.4 is 9.99 Å². The van der Waals surface area contributed by atoms with E-state index in [4.69, 9.17) is 4.99 Å². The zero-order valence-corrected chi connectivity index (χ0v) is 15.3. The molecule has 0 radical (unpaired) electrons. The molecule has 4 rings (SSSR count). The van der Waals surface area contributed by atoms with E-state index < -0.39 is 0 Å². The molecule has 0 spiro atoms. The average molecular weight is 356 g/mol. The van der Waals surface area contributed by atoms with Crippen LogP contribution in [0.2, 0.25) is 0 Å². The van der Waals surface area contributed by atoms with Crippen LogP contribution in [0, 0.1) is 12.7 Å². The highest BCUT2D eigenvalue weighted by atomic mass is 32.9. The van der Waals surface area contributed by atoms with Crippen molar-refractivity contribution in [1.82, 2.24) is 0 Å². The average Bonchev–Trinajstić information content (AvgIpc) is 2.91. The number of benzene rings is 2. The maximum absolute atomic E-state index is 13.5. The van der Waals surface area contributed by atoms with E-state index in [1.165, 1.54) is 33.7 Å². The van der Waals surface area contributed by atoms with Gasteiger partial charge in [0.15, 0.2) is 0 Å². The molecule has 0 fully saturated rings. The van der Waals surface area contributed by atoms with Gasteiger partial charge in [0.2, 0.25) is 0 Å². The number of fused-ring (bicyclic) bond motifs is 3. The molecule has 1 aliphatic heterocycles. The van der Waals surface area contributed by atoms with E-state index in [9.17, 15) is 4.39 Å². The van der Waals surface area contributed by atoms with Gasteiger partial charge in [-0.15, -0.1) is 0 Å². The van der Waals surface area contributed by atoms with E-state index in [0.29, 0.717) is 5.69 Å². The minimum atomic E-state index is -0.261. The Morgan fingerprint density at radius 1 is 1.08 bits per heavy atom. The lowest BCUT2D eigenvalue weighted by molar-refractivity contribution is 0.619. The van der Waals surface area contributed by atoms with Gasteiger partial charge in [-0.1, -0.05) is 38.9 Å². The van der Waals surface area contributed by atoms with E-state index in [0.717, 1.165) is 10.4 Å². The molecule has 0 atom stereocenters. The molecule has 3 aromatic rings. The molecule has 122 valence electrons. The topological polar surface area (TPSA) is 24.4 Å². The van der Waals surface area contributed by atoms with Gasteiger partial charge in [-0.05, 0) is 50.6 Å². The lowest BCUT2D eigenvalue weighted by Crippen LogP contribution is -2.31. The SMILES string of the molecule is Cc1ccc2c(c1)NC(C)(C)c1ssc(=Nc3cccc(F)c3)c1-2. The molecule has 0 unspecified atom stereocenters. The van der Waals surface area contributed by atoms with Gasteiger partial charge in [-0.2, -0.15) is 0 Å². The fourth-order valence-electron chi connectivity index (χ4n) is 3.03. The second-order valence-electron chi connectivity index (χ2n) is 6.57. The Balaban J connectivity index is 1.98. The van der Waals surface area contributed by atoms with Gasteiger partial charge in [-0.25, -0.2) is 9.38 Å². The first-order chi connectivity index (χ1) is 11.4. The Labute approximate surface area is 147 Å². The first kappa shape index (κ1) is 15.5. The fourth-order valence-corrected chi connectivity index (χ4v) is 5.96. The summed E-state index contributed by atoms with van der Waals surface area (Å²) in [5.41, 5.74) is 5.21. The molecule has 0 amide bonds. The third kappa shape index (κ3) is 2.58. The van der Waals surface area contributed by atoms with E-state index in [1.807, 2.05) is 6.07 Å². The molecular weight excluding hydrogens is 339 g/mol. The molecule has 1 aliphatic rings. The maximum atomic E-state index is 13.5. The van der Waals surface area contributed by atoms with Gasteiger partial charge < -0.3 is 5.32 Å². The number of nitrogens with zero attached hydrogens (tertiary/aromatic N) is 1. The third-order valence-corrected chi connectivity index (χ3v) is 6.78. The van der Waals surface area contributed by atoms with Crippen LogP contribution in [0.25, 0.3) is 11.1 Å². The van der Waals surface area contributed by atoms with Crippen molar-refractivity contribution < 1.29 is 4.39 Å². The second kappa shape index (κ2) is 5.53. The van der Waals surface area contributed by atoms with E-state index in [1.54, 1.807) is 26.7 Å². The molecule has 0 bridgehead atoms. The van der Waals surface area contributed by atoms with Crippen LogP contribution in [-0.2, 0) is 5.54 Å². The Morgan fingerprint density at radius 3 is 2.71 bits per heavy atom. The molecule has 2 aromatic carbocycles. The van der Waals surface area contributed by atoms with Crippen molar-refractivity contribution in [3.05, 3.63) is 63.4 Å². The summed E-state index contributed by atoms with van der Waals surface area (Å²) in [6.07, 6.45) is 0. The van der Waals surface area contributed by atoms with E-state index in [-0.39, 0.29) is 11.4 Å². The van der Waals surface area contributed by atoms with Gasteiger partial charge in [0.25, 0.3) is 0 Å². The van der Waals surface area contributed by atoms with Gasteiger partial charge in [0, 0.05) is 16.8 Å². The molecule has 0 saturated heterocycles. The monoisotopic (exact) mass is 356 g/mol. The first-order valence-electron chi connectivity index (χ1n) is 7.77. The van der Waals surface area contributed by atoms with Crippen LogP contribution in [0.1, 0.15) is 24.3 Å². The molecule has 0 aliphatic carbocycles. The zero-order valence-electron chi connectivity index (χ0n) is 13.7. The number of anilines is 1. The van der Waals surface area contributed by atoms with E-state index in [2.05, 4.69) is 44.3 Å². The minimum Gasteiger partial charge on any atom is -0.375 e. The van der Waals surface area contributed by atoms with Crippen LogP contribution >= 0.6 is 20.7 Å². The Morgan fingerprint density at radius 2 is 1.92 bits per heavy atom. The van der Waals surface area contributed by atoms with Crippen molar-refractivity contribution in [2.24, 2.45) is 4.99 Å². The van der Waals surface area contributed by atoms with Crippen molar-refractivity contribution >= 4 is 32.1 Å². The van der Waals surface area contributed by atoms with Gasteiger partial charge in [0.05, 0.1) is 16.1 Å². The Bertz CT molecular complexity index is 999. The lowest BCUT2D eigenvalue weighted by atomic mass is 9.89. The van der Waals surface area contributed by atoms with Crippen LogP contribution in [0.5, 0.6) is 0 Å².